The van der Waals surface area contributed by atoms with Crippen LogP contribution in [0.4, 0.5) is 5.69 Å². The molecule has 7 heteroatoms. The molecular weight excluding hydrogens is 374 g/mol. The first-order chi connectivity index (χ1) is 14.8. The number of nitrogens with one attached hydrogen (secondary N) is 1. The second-order valence-corrected chi connectivity index (χ2v) is 6.65. The molecule has 0 bridgehead atoms. The molecule has 0 saturated carbocycles. The van der Waals surface area contributed by atoms with Gasteiger partial charge < -0.3 is 0 Å². The predicted molar refractivity (Wildman–Crippen MR) is 113 cm³/mol. The van der Waals surface area contributed by atoms with Crippen molar-refractivity contribution >= 4 is 16.7 Å². The summed E-state index contributed by atoms with van der Waals surface area (Å²) in [6, 6.07) is 19.1. The van der Waals surface area contributed by atoms with Crippen molar-refractivity contribution in [2.75, 3.05) is 0 Å². The first kappa shape index (κ1) is 17.4. The van der Waals surface area contributed by atoms with Crippen LogP contribution in [-0.4, -0.2) is 24.7 Å². The first-order valence-corrected chi connectivity index (χ1v) is 9.12. The standard InChI is InChI=1S/C23H13N7/c1-25-18-7-9-22(26-12-18)30-14-27-20-8-6-17(10-21(20)30)19-13-28-29-23(19)16-4-2-15(11-24)3-5-16/h2-10,12-14H,(H,28,29). The SMILES string of the molecule is [C-]#[N+]c1ccc(-n2cnc3ccc(-c4cn[nH]c4-c4ccc(C#N)cc4)cc32)nc1. The van der Waals surface area contributed by atoms with Crippen molar-refractivity contribution in [3.05, 3.63) is 90.3 Å². The zero-order chi connectivity index (χ0) is 20.5. The Labute approximate surface area is 171 Å². The maximum absolute atomic E-state index is 9.02. The van der Waals surface area contributed by atoms with Crippen LogP contribution in [0.1, 0.15) is 5.56 Å². The second kappa shape index (κ2) is 7.01. The van der Waals surface area contributed by atoms with Gasteiger partial charge in [0, 0.05) is 17.3 Å². The highest BCUT2D eigenvalue weighted by molar-refractivity contribution is 5.87. The normalized spacial score (nSPS) is 10.6. The Kier molecular flexibility index (Phi) is 4.05. The number of fused-ring (bicyclic) bond motifs is 1. The molecule has 5 rings (SSSR count). The Morgan fingerprint density at radius 3 is 2.53 bits per heavy atom. The fourth-order valence-corrected chi connectivity index (χ4v) is 3.38. The minimum absolute atomic E-state index is 0.495. The van der Waals surface area contributed by atoms with Gasteiger partial charge in [0.1, 0.15) is 12.1 Å². The summed E-state index contributed by atoms with van der Waals surface area (Å²) in [7, 11) is 0. The molecule has 0 aliphatic heterocycles. The van der Waals surface area contributed by atoms with Crippen molar-refractivity contribution < 1.29 is 0 Å². The fraction of sp³-hybridized carbons (Fsp3) is 0. The number of nitrogens with zero attached hydrogens (tertiary/aromatic N) is 6. The fourth-order valence-electron chi connectivity index (χ4n) is 3.38. The molecule has 140 valence electrons. The maximum atomic E-state index is 9.02. The van der Waals surface area contributed by atoms with Gasteiger partial charge in [0.05, 0.1) is 41.1 Å². The van der Waals surface area contributed by atoms with Crippen molar-refractivity contribution in [3.63, 3.8) is 0 Å². The van der Waals surface area contributed by atoms with Gasteiger partial charge in [-0.1, -0.05) is 24.3 Å². The summed E-state index contributed by atoms with van der Waals surface area (Å²) in [4.78, 5) is 12.2. The van der Waals surface area contributed by atoms with Gasteiger partial charge in [-0.2, -0.15) is 10.4 Å². The van der Waals surface area contributed by atoms with Crippen molar-refractivity contribution in [3.8, 4) is 34.3 Å². The third-order valence-electron chi connectivity index (χ3n) is 4.91. The molecule has 0 amide bonds. The topological polar surface area (TPSA) is 87.5 Å². The van der Waals surface area contributed by atoms with E-state index in [1.165, 1.54) is 0 Å². The van der Waals surface area contributed by atoms with Crippen LogP contribution in [0.15, 0.2) is 73.3 Å². The molecule has 2 aromatic carbocycles. The molecule has 5 aromatic rings. The third kappa shape index (κ3) is 2.88. The van der Waals surface area contributed by atoms with Crippen molar-refractivity contribution in [2.45, 2.75) is 0 Å². The number of rotatable bonds is 3. The van der Waals surface area contributed by atoms with E-state index in [2.05, 4.69) is 31.1 Å². The molecule has 0 fully saturated rings. The average Bonchev–Trinajstić information content (AvgIpc) is 3.46. The van der Waals surface area contributed by atoms with Gasteiger partial charge in [-0.05, 0) is 35.9 Å². The van der Waals surface area contributed by atoms with Crippen LogP contribution in [0.5, 0.6) is 0 Å². The molecule has 1 N–H and O–H groups in total. The minimum atomic E-state index is 0.495. The maximum Gasteiger partial charge on any atom is 0.205 e. The smallest absolute Gasteiger partial charge is 0.205 e. The Balaban J connectivity index is 1.60. The number of H-pyrrole nitrogens is 1. The zero-order valence-corrected chi connectivity index (χ0v) is 15.6. The molecule has 3 heterocycles. The van der Waals surface area contributed by atoms with Gasteiger partial charge in [0.2, 0.25) is 5.69 Å². The van der Waals surface area contributed by atoms with Gasteiger partial charge >= 0.3 is 0 Å². The van der Waals surface area contributed by atoms with Crippen molar-refractivity contribution in [2.24, 2.45) is 0 Å². The highest BCUT2D eigenvalue weighted by Gasteiger charge is 2.13. The lowest BCUT2D eigenvalue weighted by atomic mass is 10.0. The molecular formula is C23H13N7. The van der Waals surface area contributed by atoms with Gasteiger partial charge in [0.15, 0.2) is 0 Å². The van der Waals surface area contributed by atoms with Crippen LogP contribution in [0.3, 0.4) is 0 Å². The Hall–Kier alpha value is -4.75. The summed E-state index contributed by atoms with van der Waals surface area (Å²) in [6.07, 6.45) is 5.07. The summed E-state index contributed by atoms with van der Waals surface area (Å²) in [5, 5.41) is 16.3. The molecule has 0 spiro atoms. The highest BCUT2D eigenvalue weighted by Crippen LogP contribution is 2.32. The summed E-state index contributed by atoms with van der Waals surface area (Å²) in [5.74, 6) is 0.696. The van der Waals surface area contributed by atoms with Gasteiger partial charge in [0.25, 0.3) is 0 Å². The molecule has 0 radical (unpaired) electrons. The number of imidazole rings is 1. The summed E-state index contributed by atoms with van der Waals surface area (Å²) in [6.45, 7) is 7.08. The Morgan fingerprint density at radius 2 is 1.80 bits per heavy atom. The molecule has 30 heavy (non-hydrogen) atoms. The van der Waals surface area contributed by atoms with Crippen LogP contribution in [0.2, 0.25) is 0 Å². The van der Waals surface area contributed by atoms with E-state index in [9.17, 15) is 0 Å². The molecule has 0 unspecified atom stereocenters. The van der Waals surface area contributed by atoms with E-state index in [4.69, 9.17) is 11.8 Å². The van der Waals surface area contributed by atoms with E-state index >= 15 is 0 Å². The lowest BCUT2D eigenvalue weighted by Gasteiger charge is -2.07. The van der Waals surface area contributed by atoms with Crippen LogP contribution >= 0.6 is 0 Å². The van der Waals surface area contributed by atoms with Crippen LogP contribution in [0.25, 0.3) is 44.1 Å². The van der Waals surface area contributed by atoms with E-state index in [1.54, 1.807) is 43.0 Å². The number of hydrogen-bond donors (Lipinski definition) is 1. The van der Waals surface area contributed by atoms with Crippen LogP contribution < -0.4 is 0 Å². The number of aromatic nitrogens is 5. The first-order valence-electron chi connectivity index (χ1n) is 9.12. The quantitative estimate of drug-likeness (QED) is 0.446. The van der Waals surface area contributed by atoms with E-state index < -0.39 is 0 Å². The number of aromatic amines is 1. The number of hydrogen-bond acceptors (Lipinski definition) is 4. The van der Waals surface area contributed by atoms with Gasteiger partial charge in [-0.3, -0.25) is 14.6 Å². The average molecular weight is 387 g/mol. The number of pyridine rings is 1. The van der Waals surface area contributed by atoms with Gasteiger partial charge in [-0.15, -0.1) is 0 Å². The molecule has 0 aliphatic carbocycles. The van der Waals surface area contributed by atoms with E-state index in [0.717, 1.165) is 33.4 Å². The van der Waals surface area contributed by atoms with Crippen LogP contribution in [0, 0.1) is 17.9 Å². The van der Waals surface area contributed by atoms with Crippen molar-refractivity contribution in [1.29, 1.82) is 5.26 Å². The summed E-state index contributed by atoms with van der Waals surface area (Å²) >= 11 is 0. The van der Waals surface area contributed by atoms with Gasteiger partial charge in [-0.25, -0.2) is 9.83 Å². The largest absolute Gasteiger partial charge is 0.283 e. The summed E-state index contributed by atoms with van der Waals surface area (Å²) in [5.41, 5.74) is 6.62. The van der Waals surface area contributed by atoms with Crippen LogP contribution in [-0.2, 0) is 0 Å². The monoisotopic (exact) mass is 387 g/mol. The molecule has 3 aromatic heterocycles. The van der Waals surface area contributed by atoms with E-state index in [0.29, 0.717) is 17.1 Å². The zero-order valence-electron chi connectivity index (χ0n) is 15.6. The minimum Gasteiger partial charge on any atom is -0.283 e. The molecule has 0 atom stereocenters. The highest BCUT2D eigenvalue weighted by atomic mass is 15.1. The molecule has 0 saturated heterocycles. The van der Waals surface area contributed by atoms with E-state index in [-0.39, 0.29) is 0 Å². The third-order valence-corrected chi connectivity index (χ3v) is 4.91. The number of nitriles is 1. The Bertz CT molecular complexity index is 1440. The lowest BCUT2D eigenvalue weighted by molar-refractivity contribution is 1.02. The molecule has 7 nitrogen and oxygen atoms in total. The van der Waals surface area contributed by atoms with E-state index in [1.807, 2.05) is 34.9 Å². The Morgan fingerprint density at radius 1 is 0.967 bits per heavy atom. The molecule has 0 aliphatic rings. The lowest BCUT2D eigenvalue weighted by Crippen LogP contribution is -1.95. The van der Waals surface area contributed by atoms with Crippen molar-refractivity contribution in [1.82, 2.24) is 24.7 Å². The summed E-state index contributed by atoms with van der Waals surface area (Å²) < 4.78 is 1.90. The number of benzene rings is 2. The predicted octanol–water partition coefficient (Wildman–Crippen LogP) is 4.90. The second-order valence-electron chi connectivity index (χ2n) is 6.65.